The van der Waals surface area contributed by atoms with Crippen molar-refractivity contribution in [2.24, 2.45) is 0 Å². The van der Waals surface area contributed by atoms with Crippen LogP contribution in [0.15, 0.2) is 72.8 Å². The molecule has 0 aliphatic heterocycles. The van der Waals surface area contributed by atoms with Gasteiger partial charge in [0.05, 0.1) is 11.1 Å². The fourth-order valence-electron chi connectivity index (χ4n) is 3.15. The zero-order chi connectivity index (χ0) is 23.4. The first-order valence-corrected chi connectivity index (χ1v) is 9.86. The van der Waals surface area contributed by atoms with Crippen LogP contribution in [-0.2, 0) is 0 Å². The van der Waals surface area contributed by atoms with Crippen molar-refractivity contribution in [3.63, 3.8) is 0 Å². The lowest BCUT2D eigenvalue weighted by Crippen LogP contribution is -1.97. The van der Waals surface area contributed by atoms with Crippen molar-refractivity contribution in [2.45, 2.75) is 0 Å². The SMILES string of the molecule is O=C(Cl)c1ccc(C(=O)Cl)c2ccccc12.O=C(O)c1ccc2cc(C(=O)O)ccc2c1. The molecule has 0 saturated carbocycles. The number of carboxylic acids is 2. The minimum absolute atomic E-state index is 0.190. The quantitative estimate of drug-likeness (QED) is 0.364. The number of aromatic carboxylic acids is 2. The van der Waals surface area contributed by atoms with E-state index in [0.29, 0.717) is 32.7 Å². The minimum Gasteiger partial charge on any atom is -0.478 e. The van der Waals surface area contributed by atoms with Crippen LogP contribution >= 0.6 is 23.2 Å². The van der Waals surface area contributed by atoms with Crippen LogP contribution in [0.25, 0.3) is 21.5 Å². The van der Waals surface area contributed by atoms with Crippen molar-refractivity contribution < 1.29 is 29.4 Å². The molecule has 0 atom stereocenters. The Morgan fingerprint density at radius 1 is 0.562 bits per heavy atom. The number of hydrogen-bond donors (Lipinski definition) is 2. The summed E-state index contributed by atoms with van der Waals surface area (Å²) in [5, 5.41) is 19.2. The first kappa shape index (κ1) is 22.9. The Morgan fingerprint density at radius 3 is 1.25 bits per heavy atom. The molecular formula is C24H14Cl2O6. The highest BCUT2D eigenvalue weighted by atomic mass is 35.5. The van der Waals surface area contributed by atoms with Gasteiger partial charge in [-0.2, -0.15) is 0 Å². The topological polar surface area (TPSA) is 109 Å². The third kappa shape index (κ3) is 4.94. The normalized spacial score (nSPS) is 10.3. The van der Waals surface area contributed by atoms with Gasteiger partial charge in [-0.05, 0) is 81.1 Å². The second-order valence-corrected chi connectivity index (χ2v) is 7.33. The molecular weight excluding hydrogens is 455 g/mol. The molecule has 0 saturated heterocycles. The summed E-state index contributed by atoms with van der Waals surface area (Å²) in [6.45, 7) is 0. The van der Waals surface area contributed by atoms with Gasteiger partial charge in [-0.25, -0.2) is 9.59 Å². The maximum absolute atomic E-state index is 11.2. The predicted molar refractivity (Wildman–Crippen MR) is 122 cm³/mol. The Labute approximate surface area is 191 Å². The highest BCUT2D eigenvalue weighted by molar-refractivity contribution is 6.70. The maximum atomic E-state index is 11.2. The fourth-order valence-corrected chi connectivity index (χ4v) is 3.48. The van der Waals surface area contributed by atoms with E-state index in [0.717, 1.165) is 0 Å². The molecule has 0 aliphatic carbocycles. The minimum atomic E-state index is -0.996. The monoisotopic (exact) mass is 468 g/mol. The third-order valence-electron chi connectivity index (χ3n) is 4.68. The number of carboxylic acid groups (broad SMARTS) is 2. The summed E-state index contributed by atoms with van der Waals surface area (Å²) in [6.07, 6.45) is 0. The standard InChI is InChI=1S/C12H6Cl2O2.C12H8O4/c13-11(15)9-5-6-10(12(14)16)8-4-2-1-3-7(8)9;13-11(14)9-3-1-7-5-10(12(15)16)4-2-8(7)6-9/h1-6H;1-6H,(H,13,14)(H,15,16). The smallest absolute Gasteiger partial charge is 0.335 e. The van der Waals surface area contributed by atoms with E-state index in [4.69, 9.17) is 33.4 Å². The van der Waals surface area contributed by atoms with Gasteiger partial charge in [-0.15, -0.1) is 0 Å². The molecule has 0 aliphatic rings. The van der Waals surface area contributed by atoms with E-state index in [-0.39, 0.29) is 11.1 Å². The van der Waals surface area contributed by atoms with Crippen LogP contribution in [-0.4, -0.2) is 32.6 Å². The van der Waals surface area contributed by atoms with E-state index in [1.807, 2.05) is 0 Å². The van der Waals surface area contributed by atoms with Crippen molar-refractivity contribution in [2.75, 3.05) is 0 Å². The molecule has 8 heteroatoms. The van der Waals surface area contributed by atoms with E-state index >= 15 is 0 Å². The van der Waals surface area contributed by atoms with Crippen LogP contribution in [0.1, 0.15) is 41.4 Å². The van der Waals surface area contributed by atoms with Gasteiger partial charge in [-0.3, -0.25) is 9.59 Å². The molecule has 0 unspecified atom stereocenters. The van der Waals surface area contributed by atoms with E-state index < -0.39 is 22.4 Å². The molecule has 2 N–H and O–H groups in total. The van der Waals surface area contributed by atoms with Gasteiger partial charge < -0.3 is 10.2 Å². The molecule has 0 aromatic heterocycles. The van der Waals surface area contributed by atoms with Gasteiger partial charge in [0.25, 0.3) is 10.5 Å². The van der Waals surface area contributed by atoms with Gasteiger partial charge >= 0.3 is 11.9 Å². The van der Waals surface area contributed by atoms with E-state index in [9.17, 15) is 19.2 Å². The van der Waals surface area contributed by atoms with Gasteiger partial charge in [0, 0.05) is 11.1 Å². The number of carbonyl (C=O) groups is 4. The summed E-state index contributed by atoms with van der Waals surface area (Å²) >= 11 is 10.9. The maximum Gasteiger partial charge on any atom is 0.335 e. The van der Waals surface area contributed by atoms with Crippen LogP contribution < -0.4 is 0 Å². The molecule has 0 spiro atoms. The van der Waals surface area contributed by atoms with Crippen molar-refractivity contribution in [1.29, 1.82) is 0 Å². The lowest BCUT2D eigenvalue weighted by Gasteiger charge is -2.05. The summed E-state index contributed by atoms with van der Waals surface area (Å²) in [4.78, 5) is 43.8. The van der Waals surface area contributed by atoms with Crippen molar-refractivity contribution in [3.8, 4) is 0 Å². The number of benzene rings is 4. The number of fused-ring (bicyclic) bond motifs is 2. The first-order chi connectivity index (χ1) is 15.2. The molecule has 0 heterocycles. The predicted octanol–water partition coefficient (Wildman–Crippen LogP) is 5.83. The molecule has 0 amide bonds. The highest BCUT2D eigenvalue weighted by Crippen LogP contribution is 2.25. The van der Waals surface area contributed by atoms with Gasteiger partial charge in [0.2, 0.25) is 0 Å². The molecule has 0 fully saturated rings. The molecule has 4 aromatic rings. The largest absolute Gasteiger partial charge is 0.478 e. The molecule has 32 heavy (non-hydrogen) atoms. The Kier molecular flexibility index (Phi) is 6.88. The summed E-state index contributed by atoms with van der Waals surface area (Å²) in [5.41, 5.74) is 1.13. The van der Waals surface area contributed by atoms with Crippen molar-refractivity contribution >= 4 is 67.2 Å². The lowest BCUT2D eigenvalue weighted by atomic mass is 10.0. The van der Waals surface area contributed by atoms with Gasteiger partial charge in [0.1, 0.15) is 0 Å². The molecule has 160 valence electrons. The lowest BCUT2D eigenvalue weighted by molar-refractivity contribution is 0.0686. The molecule has 6 nitrogen and oxygen atoms in total. The van der Waals surface area contributed by atoms with E-state index in [1.165, 1.54) is 36.4 Å². The average Bonchev–Trinajstić information content (AvgIpc) is 2.77. The first-order valence-electron chi connectivity index (χ1n) is 9.11. The van der Waals surface area contributed by atoms with E-state index in [1.54, 1.807) is 36.4 Å². The van der Waals surface area contributed by atoms with Crippen LogP contribution in [0.5, 0.6) is 0 Å². The number of rotatable bonds is 4. The van der Waals surface area contributed by atoms with Crippen LogP contribution in [0, 0.1) is 0 Å². The average molecular weight is 469 g/mol. The summed E-state index contributed by atoms with van der Waals surface area (Å²) in [6, 6.07) is 19.2. The fraction of sp³-hybridized carbons (Fsp3) is 0. The van der Waals surface area contributed by atoms with Crippen LogP contribution in [0.3, 0.4) is 0 Å². The zero-order valence-electron chi connectivity index (χ0n) is 16.2. The second-order valence-electron chi connectivity index (χ2n) is 6.64. The number of hydrogen-bond acceptors (Lipinski definition) is 4. The number of carbonyl (C=O) groups excluding carboxylic acids is 2. The Balaban J connectivity index is 0.000000181. The van der Waals surface area contributed by atoms with Crippen LogP contribution in [0.2, 0.25) is 0 Å². The Hall–Kier alpha value is -3.74. The summed E-state index contributed by atoms with van der Waals surface area (Å²) < 4.78 is 0. The number of halogens is 2. The zero-order valence-corrected chi connectivity index (χ0v) is 17.7. The molecule has 4 aromatic carbocycles. The Morgan fingerprint density at radius 2 is 0.938 bits per heavy atom. The van der Waals surface area contributed by atoms with Crippen molar-refractivity contribution in [1.82, 2.24) is 0 Å². The molecule has 0 radical (unpaired) electrons. The summed E-state index contributed by atoms with van der Waals surface area (Å²) in [7, 11) is 0. The highest BCUT2D eigenvalue weighted by Gasteiger charge is 2.13. The molecule has 4 rings (SSSR count). The van der Waals surface area contributed by atoms with Crippen molar-refractivity contribution in [3.05, 3.63) is 95.1 Å². The van der Waals surface area contributed by atoms with Gasteiger partial charge in [-0.1, -0.05) is 36.4 Å². The van der Waals surface area contributed by atoms with Crippen LogP contribution in [0.4, 0.5) is 0 Å². The molecule has 0 bridgehead atoms. The third-order valence-corrected chi connectivity index (χ3v) is 5.09. The van der Waals surface area contributed by atoms with Gasteiger partial charge in [0.15, 0.2) is 0 Å². The van der Waals surface area contributed by atoms with E-state index in [2.05, 4.69) is 0 Å². The second kappa shape index (κ2) is 9.60. The summed E-state index contributed by atoms with van der Waals surface area (Å²) in [5.74, 6) is -1.99. The Bertz CT molecular complexity index is 1290.